The molecule has 2 atom stereocenters. The SMILES string of the molecule is CC(=O)N1CCC(ONC(=O)C(C)Oc2ccc(Br)cc2)C1. The lowest BCUT2D eigenvalue weighted by molar-refractivity contribution is -0.144. The molecule has 0 spiro atoms. The zero-order chi connectivity index (χ0) is 16.1. The molecule has 1 aliphatic heterocycles. The predicted molar refractivity (Wildman–Crippen MR) is 84.1 cm³/mol. The molecule has 2 unspecified atom stereocenters. The number of hydrogen-bond acceptors (Lipinski definition) is 4. The van der Waals surface area contributed by atoms with Gasteiger partial charge in [0.25, 0.3) is 5.91 Å². The lowest BCUT2D eigenvalue weighted by atomic mass is 10.3. The number of halogens is 1. The number of carbonyl (C=O) groups excluding carboxylic acids is 2. The minimum atomic E-state index is -0.675. The van der Waals surface area contributed by atoms with Crippen LogP contribution in [0.15, 0.2) is 28.7 Å². The van der Waals surface area contributed by atoms with Crippen LogP contribution >= 0.6 is 15.9 Å². The van der Waals surface area contributed by atoms with Crippen molar-refractivity contribution in [3.05, 3.63) is 28.7 Å². The fraction of sp³-hybridized carbons (Fsp3) is 0.467. The van der Waals surface area contributed by atoms with E-state index >= 15 is 0 Å². The van der Waals surface area contributed by atoms with Gasteiger partial charge < -0.3 is 9.64 Å². The number of amides is 2. The van der Waals surface area contributed by atoms with Gasteiger partial charge in [0.15, 0.2) is 6.10 Å². The lowest BCUT2D eigenvalue weighted by Crippen LogP contribution is -2.39. The molecule has 1 N–H and O–H groups in total. The van der Waals surface area contributed by atoms with Crippen molar-refractivity contribution in [2.45, 2.75) is 32.5 Å². The van der Waals surface area contributed by atoms with Crippen molar-refractivity contribution >= 4 is 27.7 Å². The molecule has 2 rings (SSSR count). The first-order valence-corrected chi connectivity index (χ1v) is 7.88. The van der Waals surface area contributed by atoms with Crippen LogP contribution in [0, 0.1) is 0 Å². The number of rotatable bonds is 5. The topological polar surface area (TPSA) is 67.9 Å². The van der Waals surface area contributed by atoms with Crippen LogP contribution in [0.2, 0.25) is 0 Å². The quantitative estimate of drug-likeness (QED) is 0.803. The Bertz CT molecular complexity index is 535. The Balaban J connectivity index is 1.75. The lowest BCUT2D eigenvalue weighted by Gasteiger charge is -2.17. The Labute approximate surface area is 137 Å². The van der Waals surface area contributed by atoms with Crippen LogP contribution in [-0.2, 0) is 14.4 Å². The third kappa shape index (κ3) is 4.71. The van der Waals surface area contributed by atoms with E-state index in [9.17, 15) is 9.59 Å². The first-order valence-electron chi connectivity index (χ1n) is 7.09. The highest BCUT2D eigenvalue weighted by molar-refractivity contribution is 9.10. The number of likely N-dealkylation sites (tertiary alicyclic amines) is 1. The number of nitrogens with one attached hydrogen (secondary N) is 1. The standard InChI is InChI=1S/C15H19BrN2O4/c1-10(21-13-5-3-12(16)4-6-13)15(20)17-22-14-7-8-18(9-14)11(2)19/h3-6,10,14H,7-9H2,1-2H3,(H,17,20). The van der Waals surface area contributed by atoms with E-state index in [1.807, 2.05) is 12.1 Å². The number of hydroxylamine groups is 1. The second kappa shape index (κ2) is 7.60. The first kappa shape index (κ1) is 16.8. The van der Waals surface area contributed by atoms with Gasteiger partial charge in [0.1, 0.15) is 11.9 Å². The van der Waals surface area contributed by atoms with Crippen LogP contribution in [0.5, 0.6) is 5.75 Å². The van der Waals surface area contributed by atoms with Gasteiger partial charge in [-0.05, 0) is 37.6 Å². The summed E-state index contributed by atoms with van der Waals surface area (Å²) in [4.78, 5) is 30.2. The first-order chi connectivity index (χ1) is 10.5. The molecule has 1 aromatic rings. The molecule has 2 amide bonds. The van der Waals surface area contributed by atoms with Gasteiger partial charge in [0, 0.05) is 24.5 Å². The van der Waals surface area contributed by atoms with Crippen molar-refractivity contribution in [1.29, 1.82) is 0 Å². The molecular formula is C15H19BrN2O4. The van der Waals surface area contributed by atoms with E-state index in [-0.39, 0.29) is 17.9 Å². The molecule has 22 heavy (non-hydrogen) atoms. The summed E-state index contributed by atoms with van der Waals surface area (Å²) in [5.74, 6) is 0.267. The maximum Gasteiger partial charge on any atom is 0.284 e. The van der Waals surface area contributed by atoms with E-state index in [0.29, 0.717) is 25.3 Å². The highest BCUT2D eigenvalue weighted by Crippen LogP contribution is 2.17. The van der Waals surface area contributed by atoms with Gasteiger partial charge in [0.2, 0.25) is 5.91 Å². The van der Waals surface area contributed by atoms with Crippen LogP contribution in [0.3, 0.4) is 0 Å². The normalized spacial score (nSPS) is 18.9. The van der Waals surface area contributed by atoms with Gasteiger partial charge in [0.05, 0.1) is 0 Å². The molecule has 1 fully saturated rings. The molecule has 0 saturated carbocycles. The number of carbonyl (C=O) groups is 2. The average molecular weight is 371 g/mol. The summed E-state index contributed by atoms with van der Waals surface area (Å²) in [6.07, 6.45) is -0.138. The Hall–Kier alpha value is -1.60. The van der Waals surface area contributed by atoms with Crippen LogP contribution in [0.4, 0.5) is 0 Å². The molecule has 1 aromatic carbocycles. The van der Waals surface area contributed by atoms with Gasteiger partial charge in [-0.3, -0.25) is 14.4 Å². The van der Waals surface area contributed by atoms with Crippen LogP contribution < -0.4 is 10.2 Å². The summed E-state index contributed by atoms with van der Waals surface area (Å²) in [5.41, 5.74) is 2.40. The molecule has 0 aliphatic carbocycles. The molecule has 120 valence electrons. The average Bonchev–Trinajstić information content (AvgIpc) is 2.96. The predicted octanol–water partition coefficient (Wildman–Crippen LogP) is 1.88. The van der Waals surface area contributed by atoms with E-state index in [1.165, 1.54) is 6.92 Å². The maximum absolute atomic E-state index is 11.9. The van der Waals surface area contributed by atoms with Gasteiger partial charge in [-0.1, -0.05) is 15.9 Å². The van der Waals surface area contributed by atoms with Gasteiger partial charge in [-0.15, -0.1) is 0 Å². The molecule has 7 heteroatoms. The molecule has 6 nitrogen and oxygen atoms in total. The van der Waals surface area contributed by atoms with Crippen LogP contribution in [0.1, 0.15) is 20.3 Å². The van der Waals surface area contributed by atoms with E-state index in [4.69, 9.17) is 9.57 Å². The minimum absolute atomic E-state index is 0.0179. The van der Waals surface area contributed by atoms with Crippen LogP contribution in [0.25, 0.3) is 0 Å². The Kier molecular flexibility index (Phi) is 5.79. The summed E-state index contributed by atoms with van der Waals surface area (Å²) >= 11 is 3.34. The monoisotopic (exact) mass is 370 g/mol. The van der Waals surface area contributed by atoms with E-state index < -0.39 is 6.10 Å². The molecule has 0 radical (unpaired) electrons. The molecule has 0 bridgehead atoms. The van der Waals surface area contributed by atoms with Crippen molar-refractivity contribution in [2.75, 3.05) is 13.1 Å². The Morgan fingerprint density at radius 1 is 1.36 bits per heavy atom. The Morgan fingerprint density at radius 3 is 2.64 bits per heavy atom. The fourth-order valence-corrected chi connectivity index (χ4v) is 2.37. The molecule has 1 aliphatic rings. The van der Waals surface area contributed by atoms with E-state index in [0.717, 1.165) is 4.47 Å². The number of nitrogens with zero attached hydrogens (tertiary/aromatic N) is 1. The second-order valence-electron chi connectivity index (χ2n) is 5.17. The van der Waals surface area contributed by atoms with Crippen LogP contribution in [-0.4, -0.2) is 42.0 Å². The number of ether oxygens (including phenoxy) is 1. The maximum atomic E-state index is 11.9. The summed E-state index contributed by atoms with van der Waals surface area (Å²) in [6.45, 7) is 4.32. The zero-order valence-corrected chi connectivity index (χ0v) is 14.1. The summed E-state index contributed by atoms with van der Waals surface area (Å²) in [7, 11) is 0. The van der Waals surface area contributed by atoms with Gasteiger partial charge in [-0.2, -0.15) is 0 Å². The van der Waals surface area contributed by atoms with Crippen molar-refractivity contribution in [3.8, 4) is 5.75 Å². The summed E-state index contributed by atoms with van der Waals surface area (Å²) in [5, 5.41) is 0. The molecular weight excluding hydrogens is 352 g/mol. The van der Waals surface area contributed by atoms with Crippen molar-refractivity contribution < 1.29 is 19.2 Å². The summed E-state index contributed by atoms with van der Waals surface area (Å²) < 4.78 is 6.47. The van der Waals surface area contributed by atoms with Crippen molar-refractivity contribution in [3.63, 3.8) is 0 Å². The highest BCUT2D eigenvalue weighted by atomic mass is 79.9. The summed E-state index contributed by atoms with van der Waals surface area (Å²) in [6, 6.07) is 7.23. The van der Waals surface area contributed by atoms with Crippen molar-refractivity contribution in [2.24, 2.45) is 0 Å². The third-order valence-electron chi connectivity index (χ3n) is 3.41. The second-order valence-corrected chi connectivity index (χ2v) is 6.09. The zero-order valence-electron chi connectivity index (χ0n) is 12.5. The van der Waals surface area contributed by atoms with E-state index in [2.05, 4.69) is 21.4 Å². The third-order valence-corrected chi connectivity index (χ3v) is 3.94. The van der Waals surface area contributed by atoms with Gasteiger partial charge in [-0.25, -0.2) is 5.48 Å². The van der Waals surface area contributed by atoms with Gasteiger partial charge >= 0.3 is 0 Å². The molecule has 1 heterocycles. The number of hydrogen-bond donors (Lipinski definition) is 1. The smallest absolute Gasteiger partial charge is 0.284 e. The number of benzene rings is 1. The fourth-order valence-electron chi connectivity index (χ4n) is 2.11. The molecule has 0 aromatic heterocycles. The Morgan fingerprint density at radius 2 is 2.05 bits per heavy atom. The van der Waals surface area contributed by atoms with Crippen molar-refractivity contribution in [1.82, 2.24) is 10.4 Å². The van der Waals surface area contributed by atoms with E-state index in [1.54, 1.807) is 24.0 Å². The largest absolute Gasteiger partial charge is 0.481 e. The highest BCUT2D eigenvalue weighted by Gasteiger charge is 2.26. The minimum Gasteiger partial charge on any atom is -0.481 e. The molecule has 1 saturated heterocycles.